The Kier molecular flexibility index (Phi) is 10.4. The fourth-order valence-corrected chi connectivity index (χ4v) is 4.47. The summed E-state index contributed by atoms with van der Waals surface area (Å²) in [5.41, 5.74) is 4.51. The molecule has 8 nitrogen and oxygen atoms in total. The van der Waals surface area contributed by atoms with Crippen molar-refractivity contribution < 1.29 is 28.6 Å². The van der Waals surface area contributed by atoms with E-state index in [1.54, 1.807) is 60.7 Å². The number of hydrogen-bond donors (Lipinski definition) is 1. The van der Waals surface area contributed by atoms with Gasteiger partial charge in [-0.2, -0.15) is 5.10 Å². The molecule has 0 saturated carbocycles. The van der Waals surface area contributed by atoms with E-state index in [-0.39, 0.29) is 18.1 Å². The van der Waals surface area contributed by atoms with Crippen LogP contribution >= 0.6 is 47.8 Å². The lowest BCUT2D eigenvalue weighted by Gasteiger charge is -2.12. The molecule has 4 aromatic rings. The van der Waals surface area contributed by atoms with Gasteiger partial charge in [0.15, 0.2) is 18.1 Å². The summed E-state index contributed by atoms with van der Waals surface area (Å²) >= 11 is 10.1. The maximum absolute atomic E-state index is 12.8. The van der Waals surface area contributed by atoms with E-state index in [2.05, 4.69) is 58.3 Å². The van der Waals surface area contributed by atoms with E-state index in [0.29, 0.717) is 22.4 Å². The molecule has 0 aromatic heterocycles. The molecule has 0 bridgehead atoms. The zero-order valence-corrected chi connectivity index (χ0v) is 26.2. The Labute approximate surface area is 261 Å². The maximum atomic E-state index is 12.8. The van der Waals surface area contributed by atoms with Gasteiger partial charge >= 0.3 is 11.9 Å². The number of nitrogens with zero attached hydrogens (tertiary/aromatic N) is 1. The van der Waals surface area contributed by atoms with Crippen LogP contribution in [0.2, 0.25) is 0 Å². The van der Waals surface area contributed by atoms with Gasteiger partial charge in [-0.25, -0.2) is 15.0 Å². The van der Waals surface area contributed by atoms with Crippen molar-refractivity contribution in [3.8, 4) is 17.2 Å². The highest BCUT2D eigenvalue weighted by Gasteiger charge is 2.17. The van der Waals surface area contributed by atoms with Crippen LogP contribution in [-0.4, -0.2) is 30.7 Å². The van der Waals surface area contributed by atoms with E-state index in [9.17, 15) is 14.4 Å². The molecule has 208 valence electrons. The normalized spacial score (nSPS) is 10.7. The fourth-order valence-electron chi connectivity index (χ4n) is 3.34. The van der Waals surface area contributed by atoms with E-state index in [0.717, 1.165) is 19.0 Å². The lowest BCUT2D eigenvalue weighted by molar-refractivity contribution is -0.123. The quantitative estimate of drug-likeness (QED) is 0.0839. The summed E-state index contributed by atoms with van der Waals surface area (Å²) in [6, 6.07) is 23.3. The van der Waals surface area contributed by atoms with Crippen molar-refractivity contribution in [3.63, 3.8) is 0 Å². The number of halogens is 3. The van der Waals surface area contributed by atoms with Gasteiger partial charge in [0.05, 0.1) is 21.8 Å². The molecule has 0 atom stereocenters. The smallest absolute Gasteiger partial charge is 0.343 e. The third kappa shape index (κ3) is 8.84. The maximum Gasteiger partial charge on any atom is 0.343 e. The highest BCUT2D eigenvalue weighted by atomic mass is 79.9. The van der Waals surface area contributed by atoms with Crippen LogP contribution in [0.1, 0.15) is 31.8 Å². The van der Waals surface area contributed by atoms with Crippen LogP contribution < -0.4 is 19.6 Å². The Balaban J connectivity index is 1.47. The summed E-state index contributed by atoms with van der Waals surface area (Å²) < 4.78 is 19.0. The molecule has 0 heterocycles. The average Bonchev–Trinajstić information content (AvgIpc) is 2.94. The Morgan fingerprint density at radius 3 is 1.88 bits per heavy atom. The van der Waals surface area contributed by atoms with Gasteiger partial charge in [0.25, 0.3) is 5.91 Å². The number of benzene rings is 4. The largest absolute Gasteiger partial charge is 0.483 e. The molecule has 0 aliphatic heterocycles. The first-order chi connectivity index (χ1) is 19.7. The second-order valence-electron chi connectivity index (χ2n) is 8.51. The SMILES string of the molecule is Cc1ccc(OCC(=O)N/N=C\c2ccc(OC(=O)c3ccc(Br)cc3)c(OC(=O)c3ccc(Br)cc3)c2)c(Br)c1. The zero-order chi connectivity index (χ0) is 29.4. The van der Waals surface area contributed by atoms with Crippen molar-refractivity contribution >= 4 is 71.9 Å². The van der Waals surface area contributed by atoms with Gasteiger partial charge in [0.2, 0.25) is 0 Å². The number of ether oxygens (including phenoxy) is 3. The summed E-state index contributed by atoms with van der Waals surface area (Å²) in [4.78, 5) is 37.8. The first kappa shape index (κ1) is 30.2. The van der Waals surface area contributed by atoms with Crippen molar-refractivity contribution in [2.45, 2.75) is 6.92 Å². The lowest BCUT2D eigenvalue weighted by atomic mass is 10.2. The van der Waals surface area contributed by atoms with Gasteiger partial charge in [-0.05, 0) is 113 Å². The molecule has 11 heteroatoms. The topological polar surface area (TPSA) is 103 Å². The highest BCUT2D eigenvalue weighted by molar-refractivity contribution is 9.11. The van der Waals surface area contributed by atoms with E-state index < -0.39 is 17.8 Å². The molecule has 0 radical (unpaired) electrons. The van der Waals surface area contributed by atoms with Crippen molar-refractivity contribution in [1.29, 1.82) is 0 Å². The Bertz CT molecular complexity index is 1610. The highest BCUT2D eigenvalue weighted by Crippen LogP contribution is 2.30. The number of rotatable bonds is 9. The van der Waals surface area contributed by atoms with Gasteiger partial charge in [-0.1, -0.05) is 37.9 Å². The van der Waals surface area contributed by atoms with Crippen LogP contribution in [0, 0.1) is 6.92 Å². The van der Waals surface area contributed by atoms with E-state index in [1.165, 1.54) is 18.3 Å². The van der Waals surface area contributed by atoms with Crippen molar-refractivity contribution in [1.82, 2.24) is 5.43 Å². The van der Waals surface area contributed by atoms with Crippen LogP contribution in [0.5, 0.6) is 17.2 Å². The number of hydrogen-bond acceptors (Lipinski definition) is 7. The number of esters is 2. The Morgan fingerprint density at radius 1 is 0.732 bits per heavy atom. The molecule has 4 aromatic carbocycles. The van der Waals surface area contributed by atoms with Gasteiger partial charge in [-0.3, -0.25) is 4.79 Å². The molecule has 41 heavy (non-hydrogen) atoms. The minimum atomic E-state index is -0.653. The van der Waals surface area contributed by atoms with Crippen LogP contribution in [-0.2, 0) is 4.79 Å². The molecule has 1 amide bonds. The Morgan fingerprint density at radius 2 is 1.29 bits per heavy atom. The molecule has 0 saturated heterocycles. The summed E-state index contributed by atoms with van der Waals surface area (Å²) in [5, 5.41) is 3.95. The van der Waals surface area contributed by atoms with Crippen LogP contribution in [0.25, 0.3) is 0 Å². The van der Waals surface area contributed by atoms with Crippen LogP contribution in [0.4, 0.5) is 0 Å². The number of amides is 1. The summed E-state index contributed by atoms with van der Waals surface area (Å²) in [7, 11) is 0. The first-order valence-corrected chi connectivity index (χ1v) is 14.4. The minimum Gasteiger partial charge on any atom is -0.483 e. The van der Waals surface area contributed by atoms with Crippen LogP contribution in [0.3, 0.4) is 0 Å². The van der Waals surface area contributed by atoms with Gasteiger partial charge in [-0.15, -0.1) is 0 Å². The van der Waals surface area contributed by atoms with Crippen molar-refractivity contribution in [3.05, 3.63) is 121 Å². The molecule has 1 N–H and O–H groups in total. The standard InChI is InChI=1S/C30H21Br3N2O6/c1-18-2-12-25(24(33)14-18)39-17-28(36)35-34-16-19-3-13-26(40-29(37)20-4-8-22(31)9-5-20)27(15-19)41-30(38)21-6-10-23(32)11-7-21/h2-16H,17H2,1H3,(H,35,36)/b34-16-. The number of aryl methyl sites for hydroxylation is 1. The van der Waals surface area contributed by atoms with E-state index >= 15 is 0 Å². The van der Waals surface area contributed by atoms with Crippen LogP contribution in [0.15, 0.2) is 103 Å². The monoisotopic (exact) mass is 742 g/mol. The molecule has 4 rings (SSSR count). The second kappa shape index (κ2) is 14.2. The molecule has 0 unspecified atom stereocenters. The molecule has 0 fully saturated rings. The summed E-state index contributed by atoms with van der Waals surface area (Å²) in [6.45, 7) is 1.70. The van der Waals surface area contributed by atoms with E-state index in [1.807, 2.05) is 19.1 Å². The Hall–Kier alpha value is -3.80. The second-order valence-corrected chi connectivity index (χ2v) is 11.2. The summed E-state index contributed by atoms with van der Waals surface area (Å²) in [5.74, 6) is -1.21. The zero-order valence-electron chi connectivity index (χ0n) is 21.4. The summed E-state index contributed by atoms with van der Waals surface area (Å²) in [6.07, 6.45) is 1.36. The van der Waals surface area contributed by atoms with Crippen molar-refractivity contribution in [2.75, 3.05) is 6.61 Å². The van der Waals surface area contributed by atoms with Gasteiger partial charge in [0.1, 0.15) is 5.75 Å². The molecular formula is C30H21Br3N2O6. The van der Waals surface area contributed by atoms with E-state index in [4.69, 9.17) is 14.2 Å². The first-order valence-electron chi connectivity index (χ1n) is 12.0. The predicted octanol–water partition coefficient (Wildman–Crippen LogP) is 7.25. The minimum absolute atomic E-state index is 0.00814. The molecule has 0 aliphatic carbocycles. The molecule has 0 aliphatic rings. The fraction of sp³-hybridized carbons (Fsp3) is 0.0667. The molecular weight excluding hydrogens is 724 g/mol. The lowest BCUT2D eigenvalue weighted by Crippen LogP contribution is -2.24. The third-order valence-corrected chi connectivity index (χ3v) is 7.06. The van der Waals surface area contributed by atoms with Crippen molar-refractivity contribution in [2.24, 2.45) is 5.10 Å². The predicted molar refractivity (Wildman–Crippen MR) is 165 cm³/mol. The number of hydrazone groups is 1. The van der Waals surface area contributed by atoms with Gasteiger partial charge in [0, 0.05) is 8.95 Å². The number of carbonyl (C=O) groups excluding carboxylic acids is 3. The van der Waals surface area contributed by atoms with Gasteiger partial charge < -0.3 is 14.2 Å². The number of carbonyl (C=O) groups is 3. The third-order valence-electron chi connectivity index (χ3n) is 5.38. The average molecular weight is 745 g/mol. The molecule has 0 spiro atoms. The number of nitrogens with one attached hydrogen (secondary N) is 1.